The van der Waals surface area contributed by atoms with E-state index in [4.69, 9.17) is 0 Å². The van der Waals surface area contributed by atoms with Gasteiger partial charge in [-0.2, -0.15) is 11.8 Å². The Bertz CT molecular complexity index is 450. The summed E-state index contributed by atoms with van der Waals surface area (Å²) in [6.45, 7) is 1.13. The maximum Gasteiger partial charge on any atom is 0.126 e. The molecule has 0 radical (unpaired) electrons. The van der Waals surface area contributed by atoms with Crippen LogP contribution in [0, 0.1) is 5.82 Å². The number of halogens is 1. The Morgan fingerprint density at radius 3 is 2.60 bits per heavy atom. The van der Waals surface area contributed by atoms with E-state index in [1.807, 2.05) is 23.9 Å². The Kier molecular flexibility index (Phi) is 4.37. The average Bonchev–Trinajstić information content (AvgIpc) is 2.88. The van der Waals surface area contributed by atoms with Crippen molar-refractivity contribution in [2.24, 2.45) is 0 Å². The predicted octanol–water partition coefficient (Wildman–Crippen LogP) is 4.34. The van der Waals surface area contributed by atoms with Gasteiger partial charge in [-0.05, 0) is 49.5 Å². The van der Waals surface area contributed by atoms with Gasteiger partial charge in [0.2, 0.25) is 0 Å². The van der Waals surface area contributed by atoms with Crippen LogP contribution >= 0.6 is 11.8 Å². The van der Waals surface area contributed by atoms with Gasteiger partial charge < -0.3 is 5.32 Å². The van der Waals surface area contributed by atoms with Crippen molar-refractivity contribution in [2.45, 2.75) is 55.2 Å². The zero-order valence-corrected chi connectivity index (χ0v) is 13.0. The minimum atomic E-state index is -0.0349. The summed E-state index contributed by atoms with van der Waals surface area (Å²) in [6, 6.07) is 7.83. The van der Waals surface area contributed by atoms with E-state index in [0.29, 0.717) is 16.7 Å². The molecule has 3 rings (SSSR count). The van der Waals surface area contributed by atoms with Crippen molar-refractivity contribution in [2.75, 3.05) is 12.8 Å². The van der Waals surface area contributed by atoms with E-state index in [-0.39, 0.29) is 5.82 Å². The molecular formula is C17H24FNS. The first-order valence-electron chi connectivity index (χ1n) is 7.75. The van der Waals surface area contributed by atoms with Gasteiger partial charge >= 0.3 is 0 Å². The molecule has 2 saturated carbocycles. The first kappa shape index (κ1) is 14.4. The molecule has 0 heterocycles. The molecule has 0 unspecified atom stereocenters. The summed E-state index contributed by atoms with van der Waals surface area (Å²) in [5.74, 6) is 0.384. The molecule has 0 spiro atoms. The second-order valence-electron chi connectivity index (χ2n) is 6.36. The van der Waals surface area contributed by atoms with Gasteiger partial charge in [0.15, 0.2) is 0 Å². The summed E-state index contributed by atoms with van der Waals surface area (Å²) >= 11 is 2.03. The molecule has 110 valence electrons. The van der Waals surface area contributed by atoms with Crippen LogP contribution in [0.15, 0.2) is 24.3 Å². The molecule has 1 aromatic carbocycles. The summed E-state index contributed by atoms with van der Waals surface area (Å²) in [4.78, 5) is 0. The van der Waals surface area contributed by atoms with E-state index in [0.717, 1.165) is 24.9 Å². The van der Waals surface area contributed by atoms with Crippen LogP contribution < -0.4 is 5.32 Å². The quantitative estimate of drug-likeness (QED) is 0.867. The van der Waals surface area contributed by atoms with Crippen LogP contribution in [0.3, 0.4) is 0 Å². The lowest BCUT2D eigenvalue weighted by Crippen LogP contribution is -2.46. The standard InChI is InChI=1S/C17H24FNS/c1-20-17(8-4-5-9-17)12-19-14-10-13(11-14)15-6-2-3-7-16(15)18/h2-3,6-7,13-14,19H,4-5,8-12H2,1H3. The van der Waals surface area contributed by atoms with Crippen molar-refractivity contribution >= 4 is 11.8 Å². The van der Waals surface area contributed by atoms with Crippen molar-refractivity contribution in [3.8, 4) is 0 Å². The topological polar surface area (TPSA) is 12.0 Å². The number of hydrogen-bond acceptors (Lipinski definition) is 2. The van der Waals surface area contributed by atoms with Crippen molar-refractivity contribution < 1.29 is 4.39 Å². The van der Waals surface area contributed by atoms with Crippen molar-refractivity contribution in [3.05, 3.63) is 35.6 Å². The third kappa shape index (κ3) is 2.89. The zero-order chi connectivity index (χ0) is 14.0. The lowest BCUT2D eigenvalue weighted by atomic mass is 9.75. The normalized spacial score (nSPS) is 28.3. The van der Waals surface area contributed by atoms with Crippen LogP contribution in [-0.2, 0) is 0 Å². The third-order valence-electron chi connectivity index (χ3n) is 5.14. The highest BCUT2D eigenvalue weighted by Gasteiger charge is 2.36. The van der Waals surface area contributed by atoms with Gasteiger partial charge in [0.25, 0.3) is 0 Å². The highest BCUT2D eigenvalue weighted by atomic mass is 32.2. The van der Waals surface area contributed by atoms with Crippen LogP contribution in [0.25, 0.3) is 0 Å². The van der Waals surface area contributed by atoms with Crippen molar-refractivity contribution in [1.29, 1.82) is 0 Å². The maximum absolute atomic E-state index is 13.7. The van der Waals surface area contributed by atoms with Gasteiger partial charge in [-0.25, -0.2) is 4.39 Å². The van der Waals surface area contributed by atoms with Crippen LogP contribution in [-0.4, -0.2) is 23.6 Å². The number of thioether (sulfide) groups is 1. The summed E-state index contributed by atoms with van der Waals surface area (Å²) in [7, 11) is 0. The summed E-state index contributed by atoms with van der Waals surface area (Å²) in [5.41, 5.74) is 0.908. The first-order chi connectivity index (χ1) is 9.72. The van der Waals surface area contributed by atoms with Gasteiger partial charge in [-0.1, -0.05) is 31.0 Å². The molecule has 20 heavy (non-hydrogen) atoms. The van der Waals surface area contributed by atoms with E-state index in [2.05, 4.69) is 11.6 Å². The molecule has 2 aliphatic rings. The monoisotopic (exact) mass is 293 g/mol. The van der Waals surface area contributed by atoms with E-state index in [1.54, 1.807) is 12.1 Å². The lowest BCUT2D eigenvalue weighted by Gasteiger charge is -2.39. The van der Waals surface area contributed by atoms with Gasteiger partial charge in [0.1, 0.15) is 5.82 Å². The molecule has 0 aliphatic heterocycles. The Labute approximate surface area is 125 Å². The third-order valence-corrected chi connectivity index (χ3v) is 6.56. The maximum atomic E-state index is 13.7. The van der Waals surface area contributed by atoms with E-state index >= 15 is 0 Å². The van der Waals surface area contributed by atoms with Gasteiger partial charge in [-0.15, -0.1) is 0 Å². The van der Waals surface area contributed by atoms with Crippen LogP contribution in [0.2, 0.25) is 0 Å². The summed E-state index contributed by atoms with van der Waals surface area (Å²) in [5, 5.41) is 3.73. The number of benzene rings is 1. The highest BCUT2D eigenvalue weighted by Crippen LogP contribution is 2.42. The van der Waals surface area contributed by atoms with Crippen LogP contribution in [0.1, 0.15) is 50.0 Å². The van der Waals surface area contributed by atoms with E-state index in [1.165, 1.54) is 25.7 Å². The Balaban J connectivity index is 1.48. The molecular weight excluding hydrogens is 269 g/mol. The van der Waals surface area contributed by atoms with Gasteiger partial charge in [-0.3, -0.25) is 0 Å². The fourth-order valence-electron chi connectivity index (χ4n) is 3.65. The second kappa shape index (κ2) is 6.07. The first-order valence-corrected chi connectivity index (χ1v) is 8.98. The minimum absolute atomic E-state index is 0.0349. The Morgan fingerprint density at radius 1 is 1.25 bits per heavy atom. The van der Waals surface area contributed by atoms with Crippen molar-refractivity contribution in [3.63, 3.8) is 0 Å². The minimum Gasteiger partial charge on any atom is -0.313 e. The Hall–Kier alpha value is -0.540. The van der Waals surface area contributed by atoms with Gasteiger partial charge in [0, 0.05) is 17.3 Å². The molecule has 0 bridgehead atoms. The lowest BCUT2D eigenvalue weighted by molar-refractivity contribution is 0.277. The summed E-state index contributed by atoms with van der Waals surface area (Å²) < 4.78 is 14.2. The number of hydrogen-bond donors (Lipinski definition) is 1. The SMILES string of the molecule is CSC1(CNC2CC(c3ccccc3F)C2)CCCC1. The van der Waals surface area contributed by atoms with Gasteiger partial charge in [0.05, 0.1) is 0 Å². The molecule has 1 aromatic rings. The average molecular weight is 293 g/mol. The fourth-order valence-corrected chi connectivity index (χ4v) is 4.57. The molecule has 0 atom stereocenters. The zero-order valence-electron chi connectivity index (χ0n) is 12.2. The van der Waals surface area contributed by atoms with E-state index in [9.17, 15) is 4.39 Å². The molecule has 1 nitrogen and oxygen atoms in total. The molecule has 0 amide bonds. The number of nitrogens with one attached hydrogen (secondary N) is 1. The fraction of sp³-hybridized carbons (Fsp3) is 0.647. The molecule has 1 N–H and O–H groups in total. The molecule has 2 fully saturated rings. The number of rotatable bonds is 5. The van der Waals surface area contributed by atoms with Crippen LogP contribution in [0.4, 0.5) is 4.39 Å². The smallest absolute Gasteiger partial charge is 0.126 e. The largest absolute Gasteiger partial charge is 0.313 e. The van der Waals surface area contributed by atoms with Crippen molar-refractivity contribution in [1.82, 2.24) is 5.32 Å². The van der Waals surface area contributed by atoms with E-state index < -0.39 is 0 Å². The second-order valence-corrected chi connectivity index (χ2v) is 7.64. The predicted molar refractivity (Wildman–Crippen MR) is 84.9 cm³/mol. The molecule has 2 aliphatic carbocycles. The molecule has 0 saturated heterocycles. The summed E-state index contributed by atoms with van der Waals surface area (Å²) in [6.07, 6.45) is 9.89. The Morgan fingerprint density at radius 2 is 1.95 bits per heavy atom. The molecule has 3 heteroatoms. The van der Waals surface area contributed by atoms with Crippen LogP contribution in [0.5, 0.6) is 0 Å². The highest BCUT2D eigenvalue weighted by molar-refractivity contribution is 8.00. The molecule has 0 aromatic heterocycles.